The number of benzene rings is 1. The predicted octanol–water partition coefficient (Wildman–Crippen LogP) is 1.82. The zero-order valence-corrected chi connectivity index (χ0v) is 8.80. The summed E-state index contributed by atoms with van der Waals surface area (Å²) in [6.45, 7) is 0.974. The van der Waals surface area contributed by atoms with Gasteiger partial charge in [0.15, 0.2) is 0 Å². The number of hydrogen-bond donors (Lipinski definition) is 1. The van der Waals surface area contributed by atoms with Crippen molar-refractivity contribution in [1.82, 2.24) is 0 Å². The summed E-state index contributed by atoms with van der Waals surface area (Å²) in [5, 5.41) is 0.673. The van der Waals surface area contributed by atoms with Crippen molar-refractivity contribution in [2.45, 2.75) is 0 Å². The second kappa shape index (κ2) is 4.68. The molecular weight excluding hydrogens is 203 g/mol. The predicted molar refractivity (Wildman–Crippen MR) is 58.7 cm³/mol. The fraction of sp³-hybridized carbons (Fsp3) is 0.111. The summed E-state index contributed by atoms with van der Waals surface area (Å²) in [5.74, 6) is 0. The van der Waals surface area contributed by atoms with Gasteiger partial charge in [0, 0.05) is 5.30 Å². The van der Waals surface area contributed by atoms with E-state index in [0.29, 0.717) is 5.30 Å². The molecular formula is C9H11O2PS. The lowest BCUT2D eigenvalue weighted by Crippen LogP contribution is -2.05. The highest BCUT2D eigenvalue weighted by Crippen LogP contribution is 2.40. The first-order valence-corrected chi connectivity index (χ1v) is 6.48. The highest BCUT2D eigenvalue weighted by atomic mass is 32.5. The standard InChI is InChI=1S/C9H11O2PS/c1-2-8-11-12(10,13)9-6-4-3-5-7-9/h2-7H,1,8H2,(H,10,13). The Kier molecular flexibility index (Phi) is 3.82. The van der Waals surface area contributed by atoms with Crippen molar-refractivity contribution < 1.29 is 9.42 Å². The molecule has 0 saturated carbocycles. The fourth-order valence-corrected chi connectivity index (χ4v) is 2.40. The van der Waals surface area contributed by atoms with Crippen molar-refractivity contribution in [1.29, 1.82) is 0 Å². The van der Waals surface area contributed by atoms with E-state index in [1.54, 1.807) is 18.2 Å². The molecule has 0 radical (unpaired) electrons. The Morgan fingerprint density at radius 2 is 2.08 bits per heavy atom. The lowest BCUT2D eigenvalue weighted by molar-refractivity contribution is 0.355. The average molecular weight is 214 g/mol. The third kappa shape index (κ3) is 3.05. The van der Waals surface area contributed by atoms with E-state index in [4.69, 9.17) is 16.3 Å². The number of hydrogen-bond acceptors (Lipinski definition) is 2. The Morgan fingerprint density at radius 1 is 1.46 bits per heavy atom. The van der Waals surface area contributed by atoms with Gasteiger partial charge in [-0.05, 0) is 23.9 Å². The molecule has 0 aliphatic carbocycles. The molecule has 1 aromatic carbocycles. The molecule has 1 rings (SSSR count). The first-order valence-electron chi connectivity index (χ1n) is 3.80. The van der Waals surface area contributed by atoms with E-state index in [9.17, 15) is 4.89 Å². The molecule has 0 aliphatic rings. The average Bonchev–Trinajstić information content (AvgIpc) is 2.16. The normalized spacial score (nSPS) is 14.8. The molecule has 1 unspecified atom stereocenters. The third-order valence-electron chi connectivity index (χ3n) is 1.45. The highest BCUT2D eigenvalue weighted by molar-refractivity contribution is 8.13. The van der Waals surface area contributed by atoms with E-state index < -0.39 is 6.49 Å². The molecule has 0 fully saturated rings. The van der Waals surface area contributed by atoms with E-state index >= 15 is 0 Å². The Hall–Kier alpha value is -0.470. The molecule has 70 valence electrons. The Morgan fingerprint density at radius 3 is 2.62 bits per heavy atom. The van der Waals surface area contributed by atoms with Gasteiger partial charge < -0.3 is 9.42 Å². The molecule has 1 atom stereocenters. The van der Waals surface area contributed by atoms with Crippen molar-refractivity contribution in [3.63, 3.8) is 0 Å². The quantitative estimate of drug-likeness (QED) is 0.612. The molecule has 1 N–H and O–H groups in total. The zero-order valence-electron chi connectivity index (χ0n) is 7.09. The van der Waals surface area contributed by atoms with Crippen LogP contribution in [0.1, 0.15) is 0 Å². The van der Waals surface area contributed by atoms with E-state index in [2.05, 4.69) is 6.58 Å². The van der Waals surface area contributed by atoms with Crippen LogP contribution in [-0.4, -0.2) is 11.5 Å². The summed E-state index contributed by atoms with van der Waals surface area (Å²) in [6.07, 6.45) is 1.57. The van der Waals surface area contributed by atoms with Crippen molar-refractivity contribution >= 4 is 23.6 Å². The van der Waals surface area contributed by atoms with E-state index in [-0.39, 0.29) is 6.61 Å². The lowest BCUT2D eigenvalue weighted by atomic mass is 10.4. The Balaban J connectivity index is 2.81. The van der Waals surface area contributed by atoms with Crippen LogP contribution < -0.4 is 5.30 Å². The van der Waals surface area contributed by atoms with E-state index in [1.165, 1.54) is 0 Å². The molecule has 0 amide bonds. The molecule has 0 aliphatic heterocycles. The van der Waals surface area contributed by atoms with Gasteiger partial charge in [-0.15, -0.1) is 6.58 Å². The maximum Gasteiger partial charge on any atom is 0.217 e. The van der Waals surface area contributed by atoms with Crippen molar-refractivity contribution in [2.75, 3.05) is 6.61 Å². The van der Waals surface area contributed by atoms with Crippen molar-refractivity contribution in [3.8, 4) is 0 Å². The second-order valence-electron chi connectivity index (χ2n) is 2.44. The molecule has 0 saturated heterocycles. The molecule has 4 heteroatoms. The minimum absolute atomic E-state index is 0.280. The van der Waals surface area contributed by atoms with Gasteiger partial charge >= 0.3 is 0 Å². The largest absolute Gasteiger partial charge is 0.342 e. The van der Waals surface area contributed by atoms with Gasteiger partial charge in [0.2, 0.25) is 6.49 Å². The molecule has 0 spiro atoms. The monoisotopic (exact) mass is 214 g/mol. The van der Waals surface area contributed by atoms with Crippen LogP contribution in [0, 0.1) is 0 Å². The third-order valence-corrected chi connectivity index (χ3v) is 3.85. The maximum atomic E-state index is 9.77. The molecule has 0 bridgehead atoms. The summed E-state index contributed by atoms with van der Waals surface area (Å²) in [6, 6.07) is 9.05. The second-order valence-corrected chi connectivity index (χ2v) is 5.74. The van der Waals surface area contributed by atoms with Gasteiger partial charge in [0.25, 0.3) is 0 Å². The summed E-state index contributed by atoms with van der Waals surface area (Å²) >= 11 is 4.97. The minimum atomic E-state index is -2.80. The fourth-order valence-electron chi connectivity index (χ4n) is 0.845. The van der Waals surface area contributed by atoms with Gasteiger partial charge in [0.05, 0.1) is 6.61 Å². The first kappa shape index (κ1) is 10.6. The van der Waals surface area contributed by atoms with E-state index in [1.807, 2.05) is 18.2 Å². The van der Waals surface area contributed by atoms with Gasteiger partial charge in [-0.2, -0.15) is 0 Å². The van der Waals surface area contributed by atoms with Gasteiger partial charge in [-0.1, -0.05) is 24.3 Å². The topological polar surface area (TPSA) is 29.5 Å². The van der Waals surface area contributed by atoms with Crippen LogP contribution in [0.5, 0.6) is 0 Å². The van der Waals surface area contributed by atoms with Crippen LogP contribution >= 0.6 is 6.49 Å². The maximum absolute atomic E-state index is 9.77. The summed E-state index contributed by atoms with van der Waals surface area (Å²) in [5.41, 5.74) is 0. The zero-order chi connectivity index (χ0) is 9.73. The van der Waals surface area contributed by atoms with Crippen LogP contribution in [0.25, 0.3) is 0 Å². The first-order chi connectivity index (χ1) is 6.17. The van der Waals surface area contributed by atoms with Crippen LogP contribution in [0.3, 0.4) is 0 Å². The molecule has 2 nitrogen and oxygen atoms in total. The van der Waals surface area contributed by atoms with E-state index in [0.717, 1.165) is 0 Å². The van der Waals surface area contributed by atoms with Gasteiger partial charge in [0.1, 0.15) is 0 Å². The molecule has 0 aromatic heterocycles. The van der Waals surface area contributed by atoms with Crippen molar-refractivity contribution in [2.24, 2.45) is 0 Å². The van der Waals surface area contributed by atoms with Crippen LogP contribution in [-0.2, 0) is 16.3 Å². The molecule has 1 aromatic rings. The summed E-state index contributed by atoms with van der Waals surface area (Å²) in [7, 11) is 0. The number of rotatable bonds is 4. The van der Waals surface area contributed by atoms with Crippen LogP contribution in [0.2, 0.25) is 0 Å². The lowest BCUT2D eigenvalue weighted by Gasteiger charge is -2.14. The Labute approximate surface area is 83.0 Å². The molecule has 13 heavy (non-hydrogen) atoms. The highest BCUT2D eigenvalue weighted by Gasteiger charge is 2.14. The van der Waals surface area contributed by atoms with Crippen LogP contribution in [0.4, 0.5) is 0 Å². The van der Waals surface area contributed by atoms with Gasteiger partial charge in [-0.25, -0.2) is 0 Å². The van der Waals surface area contributed by atoms with Gasteiger partial charge in [-0.3, -0.25) is 0 Å². The SMILES string of the molecule is C=CCOP(O)(=S)c1ccccc1. The van der Waals surface area contributed by atoms with Crippen molar-refractivity contribution in [3.05, 3.63) is 43.0 Å². The smallest absolute Gasteiger partial charge is 0.217 e. The molecule has 0 heterocycles. The minimum Gasteiger partial charge on any atom is -0.342 e. The Bertz CT molecular complexity index is 324. The van der Waals surface area contributed by atoms with Crippen LogP contribution in [0.15, 0.2) is 43.0 Å². The summed E-state index contributed by atoms with van der Waals surface area (Å²) < 4.78 is 5.13. The summed E-state index contributed by atoms with van der Waals surface area (Å²) in [4.78, 5) is 9.77.